The molecule has 0 unspecified atom stereocenters. The Morgan fingerprint density at radius 3 is 2.65 bits per heavy atom. The highest BCUT2D eigenvalue weighted by atomic mass is 32.2. The number of likely N-dealkylation sites (N-methyl/N-ethyl adjacent to an activating group) is 2. The third kappa shape index (κ3) is 3.67. The Morgan fingerprint density at radius 1 is 1.45 bits per heavy atom. The predicted octanol–water partition coefficient (Wildman–Crippen LogP) is 0.591. The van der Waals surface area contributed by atoms with Gasteiger partial charge in [-0.2, -0.15) is 4.31 Å². The van der Waals surface area contributed by atoms with Gasteiger partial charge in [0.15, 0.2) is 0 Å². The first-order valence-electron chi connectivity index (χ1n) is 5.89. The zero-order chi connectivity index (χ0) is 15.3. The Labute approximate surface area is 117 Å². The van der Waals surface area contributed by atoms with Gasteiger partial charge in [-0.25, -0.2) is 12.8 Å². The van der Waals surface area contributed by atoms with Crippen LogP contribution in [-0.2, 0) is 14.8 Å². The Kier molecular flexibility index (Phi) is 5.46. The second kappa shape index (κ2) is 6.67. The number of hydrogen-bond acceptors (Lipinski definition) is 4. The molecule has 1 N–H and O–H groups in total. The van der Waals surface area contributed by atoms with Gasteiger partial charge in [-0.3, -0.25) is 4.79 Å². The van der Waals surface area contributed by atoms with E-state index in [-0.39, 0.29) is 17.2 Å². The average Bonchev–Trinajstić information content (AvgIpc) is 2.38. The molecular formula is C12H17FN2O4S. The van der Waals surface area contributed by atoms with E-state index in [9.17, 15) is 17.6 Å². The number of nitrogens with one attached hydrogen (secondary N) is 1. The molecule has 0 radical (unpaired) electrons. The van der Waals surface area contributed by atoms with Gasteiger partial charge in [-0.05, 0) is 25.1 Å². The molecule has 0 spiro atoms. The molecule has 1 aromatic carbocycles. The molecular weight excluding hydrogens is 287 g/mol. The number of halogens is 1. The van der Waals surface area contributed by atoms with E-state index >= 15 is 0 Å². The van der Waals surface area contributed by atoms with Gasteiger partial charge < -0.3 is 10.1 Å². The molecule has 0 aliphatic carbocycles. The first-order valence-corrected chi connectivity index (χ1v) is 7.33. The van der Waals surface area contributed by atoms with Gasteiger partial charge in [0.2, 0.25) is 15.9 Å². The number of ether oxygens (including phenoxy) is 1. The van der Waals surface area contributed by atoms with Crippen molar-refractivity contribution in [2.24, 2.45) is 0 Å². The van der Waals surface area contributed by atoms with Crippen LogP contribution in [0.3, 0.4) is 0 Å². The summed E-state index contributed by atoms with van der Waals surface area (Å²) in [6.45, 7) is 1.77. The summed E-state index contributed by atoms with van der Waals surface area (Å²) in [5, 5.41) is 2.49. The molecule has 0 heterocycles. The summed E-state index contributed by atoms with van der Waals surface area (Å²) < 4.78 is 43.6. The van der Waals surface area contributed by atoms with Gasteiger partial charge in [0.05, 0.1) is 13.7 Å². The maximum absolute atomic E-state index is 13.2. The van der Waals surface area contributed by atoms with Crippen LogP contribution in [0.2, 0.25) is 0 Å². The van der Waals surface area contributed by atoms with E-state index in [0.717, 1.165) is 16.4 Å². The molecule has 0 aromatic heterocycles. The maximum Gasteiger partial charge on any atom is 0.247 e. The monoisotopic (exact) mass is 304 g/mol. The van der Waals surface area contributed by atoms with Crippen molar-refractivity contribution in [2.75, 3.05) is 27.2 Å². The molecule has 0 atom stereocenters. The van der Waals surface area contributed by atoms with E-state index < -0.39 is 21.7 Å². The highest BCUT2D eigenvalue weighted by Gasteiger charge is 2.26. The van der Waals surface area contributed by atoms with Gasteiger partial charge in [-0.15, -0.1) is 0 Å². The number of sulfonamides is 1. The summed E-state index contributed by atoms with van der Waals surface area (Å²) in [5.41, 5.74) is 0. The van der Waals surface area contributed by atoms with Crippen molar-refractivity contribution in [3.05, 3.63) is 24.0 Å². The van der Waals surface area contributed by atoms with E-state index in [1.165, 1.54) is 20.2 Å². The molecule has 0 saturated heterocycles. The molecule has 0 aliphatic rings. The van der Waals surface area contributed by atoms with Crippen LogP contribution in [0, 0.1) is 5.82 Å². The van der Waals surface area contributed by atoms with Gasteiger partial charge in [0, 0.05) is 13.6 Å². The molecule has 1 rings (SSSR count). The van der Waals surface area contributed by atoms with Crippen molar-refractivity contribution in [1.29, 1.82) is 0 Å². The Bertz CT molecular complexity index is 589. The maximum atomic E-state index is 13.2. The second-order valence-electron chi connectivity index (χ2n) is 4.01. The second-order valence-corrected chi connectivity index (χ2v) is 6.02. The lowest BCUT2D eigenvalue weighted by molar-refractivity contribution is -0.121. The molecule has 20 heavy (non-hydrogen) atoms. The predicted molar refractivity (Wildman–Crippen MR) is 71.5 cm³/mol. The van der Waals surface area contributed by atoms with Crippen molar-refractivity contribution in [3.8, 4) is 5.75 Å². The van der Waals surface area contributed by atoms with Crippen LogP contribution in [0.25, 0.3) is 0 Å². The smallest absolute Gasteiger partial charge is 0.247 e. The van der Waals surface area contributed by atoms with Crippen molar-refractivity contribution >= 4 is 15.9 Å². The molecule has 8 heteroatoms. The zero-order valence-electron chi connectivity index (χ0n) is 11.5. The summed E-state index contributed by atoms with van der Waals surface area (Å²) >= 11 is 0. The minimum Gasteiger partial charge on any atom is -0.495 e. The van der Waals surface area contributed by atoms with Crippen LogP contribution in [-0.4, -0.2) is 45.9 Å². The molecule has 0 fully saturated rings. The highest BCUT2D eigenvalue weighted by Crippen LogP contribution is 2.26. The van der Waals surface area contributed by atoms with Crippen LogP contribution in [0.4, 0.5) is 4.39 Å². The van der Waals surface area contributed by atoms with Crippen LogP contribution in [0.15, 0.2) is 23.1 Å². The molecule has 1 amide bonds. The number of hydrogen-bond donors (Lipinski definition) is 1. The molecule has 0 bridgehead atoms. The van der Waals surface area contributed by atoms with Crippen molar-refractivity contribution in [1.82, 2.24) is 9.62 Å². The third-order valence-electron chi connectivity index (χ3n) is 2.55. The van der Waals surface area contributed by atoms with Crippen molar-refractivity contribution < 1.29 is 22.3 Å². The molecule has 1 aromatic rings. The quantitative estimate of drug-likeness (QED) is 0.834. The van der Waals surface area contributed by atoms with Crippen molar-refractivity contribution in [2.45, 2.75) is 11.8 Å². The van der Waals surface area contributed by atoms with E-state index in [2.05, 4.69) is 5.32 Å². The van der Waals surface area contributed by atoms with Crippen molar-refractivity contribution in [3.63, 3.8) is 0 Å². The summed E-state index contributed by atoms with van der Waals surface area (Å²) in [6, 6.07) is 3.19. The van der Waals surface area contributed by atoms with Gasteiger partial charge in [0.25, 0.3) is 0 Å². The van der Waals surface area contributed by atoms with E-state index in [4.69, 9.17) is 4.74 Å². The Balaban J connectivity index is 3.10. The van der Waals surface area contributed by atoms with E-state index in [1.807, 2.05) is 0 Å². The lowest BCUT2D eigenvalue weighted by atomic mass is 10.3. The highest BCUT2D eigenvalue weighted by molar-refractivity contribution is 7.89. The van der Waals surface area contributed by atoms with Gasteiger partial charge in [0.1, 0.15) is 16.5 Å². The number of amides is 1. The minimum atomic E-state index is -4.01. The fourth-order valence-electron chi connectivity index (χ4n) is 1.56. The first kappa shape index (κ1) is 16.4. The lowest BCUT2D eigenvalue weighted by Crippen LogP contribution is -2.38. The normalized spacial score (nSPS) is 11.4. The van der Waals surface area contributed by atoms with Crippen LogP contribution in [0.1, 0.15) is 6.92 Å². The summed E-state index contributed by atoms with van der Waals surface area (Å²) in [6.07, 6.45) is 0. The fourth-order valence-corrected chi connectivity index (χ4v) is 2.85. The number of carbonyl (C=O) groups excluding carboxylic acids is 1. The fraction of sp³-hybridized carbons (Fsp3) is 0.417. The number of benzene rings is 1. The molecule has 0 saturated carbocycles. The molecule has 6 nitrogen and oxygen atoms in total. The summed E-state index contributed by atoms with van der Waals surface area (Å²) in [7, 11) is -1.48. The average molecular weight is 304 g/mol. The molecule has 0 aliphatic heterocycles. The number of rotatable bonds is 6. The zero-order valence-corrected chi connectivity index (χ0v) is 12.3. The van der Waals surface area contributed by atoms with E-state index in [1.54, 1.807) is 6.92 Å². The summed E-state index contributed by atoms with van der Waals surface area (Å²) in [4.78, 5) is 11.1. The minimum absolute atomic E-state index is 0.0224. The Hall–Kier alpha value is -1.67. The SMILES string of the molecule is CCNC(=O)CN(C)S(=O)(=O)c1cc(F)ccc1OC. The molecule has 112 valence electrons. The standard InChI is InChI=1S/C12H17FN2O4S/c1-4-14-12(16)8-15(2)20(17,18)11-7-9(13)5-6-10(11)19-3/h5-7H,4,8H2,1-3H3,(H,14,16). The number of methoxy groups -OCH3 is 1. The van der Waals surface area contributed by atoms with Crippen LogP contribution < -0.4 is 10.1 Å². The van der Waals surface area contributed by atoms with Gasteiger partial charge in [-0.1, -0.05) is 0 Å². The lowest BCUT2D eigenvalue weighted by Gasteiger charge is -2.18. The number of nitrogens with zero attached hydrogens (tertiary/aromatic N) is 1. The third-order valence-corrected chi connectivity index (χ3v) is 4.38. The van der Waals surface area contributed by atoms with Gasteiger partial charge >= 0.3 is 0 Å². The number of carbonyl (C=O) groups is 1. The first-order chi connectivity index (χ1) is 9.32. The van der Waals surface area contributed by atoms with E-state index in [0.29, 0.717) is 6.54 Å². The topological polar surface area (TPSA) is 75.7 Å². The van der Waals surface area contributed by atoms with Crippen LogP contribution >= 0.6 is 0 Å². The Morgan fingerprint density at radius 2 is 2.10 bits per heavy atom. The van der Waals surface area contributed by atoms with Crippen LogP contribution in [0.5, 0.6) is 5.75 Å². The largest absolute Gasteiger partial charge is 0.495 e. The summed E-state index contributed by atoms with van der Waals surface area (Å²) in [5.74, 6) is -1.11.